The minimum Gasteiger partial charge on any atom is -0.388 e. The first kappa shape index (κ1) is 23.9. The van der Waals surface area contributed by atoms with Crippen LogP contribution in [0.25, 0.3) is 0 Å². The van der Waals surface area contributed by atoms with E-state index in [1.165, 1.54) is 0 Å². The van der Waals surface area contributed by atoms with Crippen LogP contribution in [0, 0.1) is 0 Å². The van der Waals surface area contributed by atoms with E-state index < -0.39 is 21.6 Å². The molecule has 0 aromatic heterocycles. The van der Waals surface area contributed by atoms with Gasteiger partial charge in [0.05, 0.1) is 0 Å². The number of likely N-dealkylation sites (N-methyl/N-ethyl adjacent to an activating group) is 2. The highest BCUT2D eigenvalue weighted by Gasteiger charge is 2.52. The molecule has 0 saturated carbocycles. The van der Waals surface area contributed by atoms with Crippen molar-refractivity contribution in [3.63, 3.8) is 0 Å². The second-order valence-corrected chi connectivity index (χ2v) is 15.4. The van der Waals surface area contributed by atoms with Gasteiger partial charge in [0.2, 0.25) is 7.44 Å². The van der Waals surface area contributed by atoms with Crippen molar-refractivity contribution in [3.05, 3.63) is 127 Å². The lowest BCUT2D eigenvalue weighted by Crippen LogP contribution is -2.69. The maximum Gasteiger partial charge on any atom is 0.289 e. The predicted octanol–water partition coefficient (Wildman–Crippen LogP) is 4.44. The van der Waals surface area contributed by atoms with Crippen molar-refractivity contribution in [3.8, 4) is 0 Å². The number of nitrogens with zero attached hydrogens (tertiary/aromatic N) is 2. The Bertz CT molecular complexity index is 1180. The van der Waals surface area contributed by atoms with Gasteiger partial charge < -0.3 is 4.43 Å². The van der Waals surface area contributed by atoms with Gasteiger partial charge in [-0.05, 0) is 35.2 Å². The molecule has 5 rings (SSSR count). The average molecular weight is 499 g/mol. The average Bonchev–Trinajstić information content (AvgIpc) is 3.19. The van der Waals surface area contributed by atoms with Crippen LogP contribution in [-0.4, -0.2) is 44.8 Å². The van der Waals surface area contributed by atoms with Crippen molar-refractivity contribution in [2.45, 2.75) is 5.85 Å². The number of hydrogen-bond acceptors (Lipinski definition) is 2. The third-order valence-corrected chi connectivity index (χ3v) is 14.5. The highest BCUT2D eigenvalue weighted by molar-refractivity contribution is 7.59. The summed E-state index contributed by atoms with van der Waals surface area (Å²) in [4.78, 5) is 0. The molecule has 4 nitrogen and oxygen atoms in total. The second kappa shape index (κ2) is 10.1. The summed E-state index contributed by atoms with van der Waals surface area (Å²) in [5, 5.41) is 3.40. The topological polar surface area (TPSA) is 32.8 Å². The van der Waals surface area contributed by atoms with Crippen molar-refractivity contribution < 1.29 is 8.99 Å². The fraction of sp³-hybridized carbons (Fsp3) is 0.172. The van der Waals surface area contributed by atoms with E-state index >= 15 is 0 Å². The van der Waals surface area contributed by atoms with Crippen molar-refractivity contribution in [2.75, 3.05) is 27.2 Å². The predicted molar refractivity (Wildman–Crippen MR) is 147 cm³/mol. The van der Waals surface area contributed by atoms with Crippen LogP contribution >= 0.6 is 7.44 Å². The standard InChI is InChI=1S/C29H31N2O2PSi/c1-30-23-24-31(2)34(30,32)29(25-15-7-3-8-16-25)33-35(26-17-9-4-10-18-26,27-19-11-5-12-20-27)28-21-13-6-14-22-28/h3-22,29H,23-24H2,1-2H3. The Balaban J connectivity index is 1.80. The first-order chi connectivity index (χ1) is 17.1. The smallest absolute Gasteiger partial charge is 0.289 e. The van der Waals surface area contributed by atoms with Gasteiger partial charge in [-0.3, -0.25) is 4.57 Å². The Hall–Kier alpha value is -2.79. The quantitative estimate of drug-likeness (QED) is 0.214. The van der Waals surface area contributed by atoms with E-state index in [2.05, 4.69) is 72.8 Å². The molecule has 4 aromatic carbocycles. The van der Waals surface area contributed by atoms with Gasteiger partial charge in [-0.15, -0.1) is 0 Å². The fourth-order valence-electron chi connectivity index (χ4n) is 5.03. The Morgan fingerprint density at radius 3 is 1.34 bits per heavy atom. The van der Waals surface area contributed by atoms with Gasteiger partial charge in [0.1, 0.15) is 0 Å². The van der Waals surface area contributed by atoms with Gasteiger partial charge in [0, 0.05) is 13.1 Å². The van der Waals surface area contributed by atoms with Crippen LogP contribution in [0.2, 0.25) is 0 Å². The van der Waals surface area contributed by atoms with Gasteiger partial charge in [-0.2, -0.15) is 0 Å². The van der Waals surface area contributed by atoms with Crippen molar-refractivity contribution in [2.24, 2.45) is 0 Å². The molecule has 1 atom stereocenters. The molecule has 1 heterocycles. The van der Waals surface area contributed by atoms with Gasteiger partial charge in [-0.25, -0.2) is 9.34 Å². The van der Waals surface area contributed by atoms with Gasteiger partial charge >= 0.3 is 0 Å². The summed E-state index contributed by atoms with van der Waals surface area (Å²) >= 11 is 0. The fourth-order valence-corrected chi connectivity index (χ4v) is 12.5. The van der Waals surface area contributed by atoms with Crippen LogP contribution in [-0.2, 0) is 8.99 Å². The van der Waals surface area contributed by atoms with E-state index in [4.69, 9.17) is 4.43 Å². The SMILES string of the molecule is CN1CCN(C)P1(=O)C(O[Si](c1ccccc1)(c1ccccc1)c1ccccc1)c1ccccc1. The van der Waals surface area contributed by atoms with Crippen LogP contribution in [0.4, 0.5) is 0 Å². The number of rotatable bonds is 7. The molecule has 0 spiro atoms. The first-order valence-corrected chi connectivity index (χ1v) is 15.6. The number of hydrogen-bond donors (Lipinski definition) is 0. The molecule has 6 heteroatoms. The molecule has 0 bridgehead atoms. The summed E-state index contributed by atoms with van der Waals surface area (Å²) in [7, 11) is -2.21. The molecule has 35 heavy (non-hydrogen) atoms. The Labute approximate surface area is 209 Å². The lowest BCUT2D eigenvalue weighted by atomic mass is 10.2. The molecule has 1 aliphatic heterocycles. The molecule has 1 saturated heterocycles. The second-order valence-electron chi connectivity index (χ2n) is 9.01. The molecular formula is C29H31N2O2PSi. The Morgan fingerprint density at radius 2 is 0.971 bits per heavy atom. The van der Waals surface area contributed by atoms with Gasteiger partial charge in [0.15, 0.2) is 5.85 Å². The summed E-state index contributed by atoms with van der Waals surface area (Å²) in [6.07, 6.45) is 0. The lowest BCUT2D eigenvalue weighted by Gasteiger charge is -2.41. The maximum atomic E-state index is 14.9. The van der Waals surface area contributed by atoms with Gasteiger partial charge in [-0.1, -0.05) is 121 Å². The molecule has 178 valence electrons. The molecule has 0 radical (unpaired) electrons. The monoisotopic (exact) mass is 498 g/mol. The van der Waals surface area contributed by atoms with Crippen molar-refractivity contribution >= 4 is 31.3 Å². The lowest BCUT2D eigenvalue weighted by molar-refractivity contribution is 0.262. The molecule has 1 aliphatic rings. The van der Waals surface area contributed by atoms with Crippen molar-refractivity contribution in [1.29, 1.82) is 0 Å². The molecule has 1 unspecified atom stereocenters. The summed E-state index contributed by atoms with van der Waals surface area (Å²) < 4.78 is 26.4. The van der Waals surface area contributed by atoms with Crippen LogP contribution in [0.1, 0.15) is 11.4 Å². The zero-order chi connectivity index (χ0) is 24.3. The van der Waals surface area contributed by atoms with E-state index in [9.17, 15) is 4.57 Å². The molecule has 1 fully saturated rings. The van der Waals surface area contributed by atoms with Crippen molar-refractivity contribution in [1.82, 2.24) is 9.34 Å². The Morgan fingerprint density at radius 1 is 0.629 bits per heavy atom. The van der Waals surface area contributed by atoms with E-state index in [0.717, 1.165) is 34.2 Å². The molecule has 0 N–H and O–H groups in total. The summed E-state index contributed by atoms with van der Waals surface area (Å²) in [5.41, 5.74) is 0.941. The highest BCUT2D eigenvalue weighted by atomic mass is 31.2. The summed E-state index contributed by atoms with van der Waals surface area (Å²) in [6.45, 7) is 1.49. The Kier molecular flexibility index (Phi) is 6.88. The summed E-state index contributed by atoms with van der Waals surface area (Å²) in [6, 6.07) is 41.6. The third-order valence-electron chi connectivity index (χ3n) is 6.95. The van der Waals surface area contributed by atoms with E-state index in [0.29, 0.717) is 0 Å². The third kappa shape index (κ3) is 4.24. The van der Waals surface area contributed by atoms with Crippen LogP contribution < -0.4 is 15.6 Å². The molecular weight excluding hydrogens is 467 g/mol. The maximum absolute atomic E-state index is 14.9. The number of benzene rings is 4. The summed E-state index contributed by atoms with van der Waals surface area (Å²) in [5.74, 6) is -0.603. The van der Waals surface area contributed by atoms with Crippen LogP contribution in [0.5, 0.6) is 0 Å². The van der Waals surface area contributed by atoms with Crippen LogP contribution in [0.15, 0.2) is 121 Å². The molecule has 0 aliphatic carbocycles. The van der Waals surface area contributed by atoms with E-state index in [-0.39, 0.29) is 0 Å². The first-order valence-electron chi connectivity index (χ1n) is 12.0. The zero-order valence-corrected chi connectivity index (χ0v) is 22.1. The molecule has 0 amide bonds. The molecule has 4 aromatic rings. The van der Waals surface area contributed by atoms with Crippen LogP contribution in [0.3, 0.4) is 0 Å². The normalized spacial score (nSPS) is 17.3. The largest absolute Gasteiger partial charge is 0.388 e. The minimum atomic E-state index is -3.07. The minimum absolute atomic E-state index is 0.603. The highest BCUT2D eigenvalue weighted by Crippen LogP contribution is 2.66. The zero-order valence-electron chi connectivity index (χ0n) is 20.2. The van der Waals surface area contributed by atoms with Gasteiger partial charge in [0.25, 0.3) is 8.32 Å². The van der Waals surface area contributed by atoms with E-state index in [1.807, 2.05) is 72.0 Å². The van der Waals surface area contributed by atoms with E-state index in [1.54, 1.807) is 0 Å².